The van der Waals surface area contributed by atoms with Crippen molar-refractivity contribution in [3.63, 3.8) is 0 Å². The number of carbonyl (C=O) groups excluding carboxylic acids is 1. The molecule has 7 heteroatoms. The minimum Gasteiger partial charge on any atom is -0.507 e. The van der Waals surface area contributed by atoms with Gasteiger partial charge in [-0.1, -0.05) is 29.8 Å². The second-order valence-electron chi connectivity index (χ2n) is 8.03. The molecule has 4 aromatic rings. The summed E-state index contributed by atoms with van der Waals surface area (Å²) in [5.41, 5.74) is 5.74. The molecule has 1 heterocycles. The van der Waals surface area contributed by atoms with E-state index in [-0.39, 0.29) is 5.75 Å². The van der Waals surface area contributed by atoms with Gasteiger partial charge in [-0.05, 0) is 56.2 Å². The minimum atomic E-state index is -0.419. The molecule has 0 saturated heterocycles. The third-order valence-electron chi connectivity index (χ3n) is 5.55. The minimum absolute atomic E-state index is 0.000777. The summed E-state index contributed by atoms with van der Waals surface area (Å²) in [5, 5.41) is 10.6. The summed E-state index contributed by atoms with van der Waals surface area (Å²) in [6.45, 7) is 6.09. The van der Waals surface area contributed by atoms with Gasteiger partial charge >= 0.3 is 5.97 Å². The van der Waals surface area contributed by atoms with E-state index in [0.717, 1.165) is 22.3 Å². The molecule has 0 atom stereocenters. The van der Waals surface area contributed by atoms with E-state index in [1.165, 1.54) is 20.3 Å². The number of hydrogen-bond acceptors (Lipinski definition) is 7. The van der Waals surface area contributed by atoms with Crippen molar-refractivity contribution in [1.29, 1.82) is 0 Å². The highest BCUT2D eigenvalue weighted by Crippen LogP contribution is 2.34. The van der Waals surface area contributed by atoms with E-state index in [1.807, 2.05) is 20.8 Å². The zero-order chi connectivity index (χ0) is 24.4. The lowest BCUT2D eigenvalue weighted by Crippen LogP contribution is -2.04. The zero-order valence-electron chi connectivity index (χ0n) is 19.7. The number of ether oxygens (including phenoxy) is 2. The molecule has 34 heavy (non-hydrogen) atoms. The Morgan fingerprint density at radius 3 is 2.00 bits per heavy atom. The molecule has 0 radical (unpaired) electrons. The highest BCUT2D eigenvalue weighted by atomic mass is 16.5. The average Bonchev–Trinajstić information content (AvgIpc) is 2.82. The fraction of sp³-hybridized carbons (Fsp3) is 0.185. The molecule has 0 bridgehead atoms. The maximum atomic E-state index is 11.8. The summed E-state index contributed by atoms with van der Waals surface area (Å²) in [6.07, 6.45) is 0. The Morgan fingerprint density at radius 2 is 1.41 bits per heavy atom. The Bertz CT molecular complexity index is 1360. The molecule has 172 valence electrons. The second kappa shape index (κ2) is 9.31. The van der Waals surface area contributed by atoms with Crippen molar-refractivity contribution in [3.05, 3.63) is 76.9 Å². The normalized spacial score (nSPS) is 10.7. The van der Waals surface area contributed by atoms with Crippen LogP contribution in [0.3, 0.4) is 0 Å². The predicted molar refractivity (Wildman–Crippen MR) is 130 cm³/mol. The van der Waals surface area contributed by atoms with Crippen molar-refractivity contribution in [3.8, 4) is 45.7 Å². The lowest BCUT2D eigenvalue weighted by atomic mass is 9.99. The number of phenolic OH excluding ortho intramolecular Hbond substituents is 1. The standard InChI is InChI=1S/C27H25N3O4/c1-15-12-16(2)23(17(3)13-15)26-29-24(18-6-8-19(9-7-18)27(32)34-5)28-25(30-26)21-11-10-20(33-4)14-22(21)31/h6-14,31H,1-5H3. The molecule has 0 aliphatic rings. The van der Waals surface area contributed by atoms with Gasteiger partial charge in [-0.2, -0.15) is 0 Å². The highest BCUT2D eigenvalue weighted by Gasteiger charge is 2.18. The first-order valence-corrected chi connectivity index (χ1v) is 10.7. The molecule has 0 fully saturated rings. The SMILES string of the molecule is COC(=O)c1ccc(-c2nc(-c3ccc(OC)cc3O)nc(-c3c(C)cc(C)cc3C)n2)cc1. The molecule has 0 spiro atoms. The summed E-state index contributed by atoms with van der Waals surface area (Å²) < 4.78 is 9.99. The molecular formula is C27H25N3O4. The Kier molecular flexibility index (Phi) is 6.27. The number of benzene rings is 3. The van der Waals surface area contributed by atoms with Gasteiger partial charge in [0.05, 0.1) is 25.3 Å². The predicted octanol–water partition coefficient (Wildman–Crippen LogP) is 5.30. The molecule has 3 aromatic carbocycles. The largest absolute Gasteiger partial charge is 0.507 e. The molecule has 4 rings (SSSR count). The number of carbonyl (C=O) groups is 1. The van der Waals surface area contributed by atoms with Crippen LogP contribution in [0.4, 0.5) is 0 Å². The maximum absolute atomic E-state index is 11.8. The van der Waals surface area contributed by atoms with Gasteiger partial charge in [-0.25, -0.2) is 19.7 Å². The molecule has 1 N–H and O–H groups in total. The van der Waals surface area contributed by atoms with Crippen LogP contribution >= 0.6 is 0 Å². The second-order valence-corrected chi connectivity index (χ2v) is 8.03. The fourth-order valence-electron chi connectivity index (χ4n) is 3.97. The Labute approximate surface area is 198 Å². The van der Waals surface area contributed by atoms with E-state index in [1.54, 1.807) is 36.4 Å². The number of aromatic nitrogens is 3. The van der Waals surface area contributed by atoms with E-state index in [4.69, 9.17) is 19.4 Å². The highest BCUT2D eigenvalue weighted by molar-refractivity contribution is 5.89. The van der Waals surface area contributed by atoms with Crippen molar-refractivity contribution >= 4 is 5.97 Å². The topological polar surface area (TPSA) is 94.4 Å². The number of hydrogen-bond donors (Lipinski definition) is 1. The van der Waals surface area contributed by atoms with Crippen LogP contribution in [0.15, 0.2) is 54.6 Å². The number of aryl methyl sites for hydroxylation is 3. The number of nitrogens with zero attached hydrogens (tertiary/aromatic N) is 3. The molecule has 0 saturated carbocycles. The van der Waals surface area contributed by atoms with Crippen molar-refractivity contribution in [2.24, 2.45) is 0 Å². The van der Waals surface area contributed by atoms with E-state index >= 15 is 0 Å². The van der Waals surface area contributed by atoms with Crippen LogP contribution in [0.1, 0.15) is 27.0 Å². The monoisotopic (exact) mass is 455 g/mol. The van der Waals surface area contributed by atoms with Gasteiger partial charge in [-0.3, -0.25) is 0 Å². The van der Waals surface area contributed by atoms with Crippen LogP contribution in [-0.2, 0) is 4.74 Å². The summed E-state index contributed by atoms with van der Waals surface area (Å²) in [6, 6.07) is 16.0. The molecule has 0 amide bonds. The zero-order valence-corrected chi connectivity index (χ0v) is 19.7. The lowest BCUT2D eigenvalue weighted by Gasteiger charge is -2.13. The summed E-state index contributed by atoms with van der Waals surface area (Å²) in [4.78, 5) is 26.0. The number of rotatable bonds is 5. The van der Waals surface area contributed by atoms with E-state index < -0.39 is 5.97 Å². The van der Waals surface area contributed by atoms with Crippen LogP contribution < -0.4 is 4.74 Å². The third kappa shape index (κ3) is 4.45. The third-order valence-corrected chi connectivity index (χ3v) is 5.55. The van der Waals surface area contributed by atoms with Crippen molar-refractivity contribution in [1.82, 2.24) is 15.0 Å². The van der Waals surface area contributed by atoms with E-state index in [9.17, 15) is 9.90 Å². The van der Waals surface area contributed by atoms with Crippen LogP contribution in [0, 0.1) is 20.8 Å². The summed E-state index contributed by atoms with van der Waals surface area (Å²) in [7, 11) is 2.88. The van der Waals surface area contributed by atoms with Crippen LogP contribution in [-0.4, -0.2) is 40.2 Å². The average molecular weight is 456 g/mol. The fourth-order valence-corrected chi connectivity index (χ4v) is 3.97. The van der Waals surface area contributed by atoms with Crippen molar-refractivity contribution in [2.75, 3.05) is 14.2 Å². The number of esters is 1. The lowest BCUT2D eigenvalue weighted by molar-refractivity contribution is 0.0600. The van der Waals surface area contributed by atoms with Gasteiger partial charge < -0.3 is 14.6 Å². The van der Waals surface area contributed by atoms with Crippen LogP contribution in [0.5, 0.6) is 11.5 Å². The molecule has 0 aliphatic heterocycles. The Morgan fingerprint density at radius 1 is 0.794 bits per heavy atom. The van der Waals surface area contributed by atoms with E-state index in [0.29, 0.717) is 39.9 Å². The molecule has 7 nitrogen and oxygen atoms in total. The first kappa shape index (κ1) is 22.9. The summed E-state index contributed by atoms with van der Waals surface area (Å²) in [5.74, 6) is 1.36. The van der Waals surface area contributed by atoms with Gasteiger partial charge in [0.2, 0.25) is 0 Å². The van der Waals surface area contributed by atoms with Gasteiger partial charge in [0, 0.05) is 17.2 Å². The van der Waals surface area contributed by atoms with Crippen molar-refractivity contribution in [2.45, 2.75) is 20.8 Å². The van der Waals surface area contributed by atoms with Gasteiger partial charge in [0.25, 0.3) is 0 Å². The first-order chi connectivity index (χ1) is 16.3. The smallest absolute Gasteiger partial charge is 0.337 e. The molecular weight excluding hydrogens is 430 g/mol. The first-order valence-electron chi connectivity index (χ1n) is 10.7. The van der Waals surface area contributed by atoms with Crippen LogP contribution in [0.2, 0.25) is 0 Å². The molecule has 0 aliphatic carbocycles. The molecule has 1 aromatic heterocycles. The summed E-state index contributed by atoms with van der Waals surface area (Å²) >= 11 is 0. The Hall–Kier alpha value is -4.26. The maximum Gasteiger partial charge on any atom is 0.337 e. The Balaban J connectivity index is 1.93. The number of aromatic hydroxyl groups is 1. The van der Waals surface area contributed by atoms with E-state index in [2.05, 4.69) is 17.1 Å². The molecule has 0 unspecified atom stereocenters. The quantitative estimate of drug-likeness (QED) is 0.408. The van der Waals surface area contributed by atoms with Gasteiger partial charge in [-0.15, -0.1) is 0 Å². The van der Waals surface area contributed by atoms with Gasteiger partial charge in [0.1, 0.15) is 11.5 Å². The number of methoxy groups -OCH3 is 2. The number of phenols is 1. The van der Waals surface area contributed by atoms with Crippen LogP contribution in [0.25, 0.3) is 34.2 Å². The van der Waals surface area contributed by atoms with Crippen molar-refractivity contribution < 1.29 is 19.4 Å². The van der Waals surface area contributed by atoms with Gasteiger partial charge in [0.15, 0.2) is 17.5 Å².